The Kier molecular flexibility index (Phi) is 4.17. The molecule has 0 unspecified atom stereocenters. The lowest BCUT2D eigenvalue weighted by molar-refractivity contribution is 0.0694. The number of hydrogen-bond donors (Lipinski definition) is 1. The molecule has 0 spiro atoms. The zero-order valence-corrected chi connectivity index (χ0v) is 15.1. The summed E-state index contributed by atoms with van der Waals surface area (Å²) < 4.78 is 2.62. The molecule has 1 saturated heterocycles. The summed E-state index contributed by atoms with van der Waals surface area (Å²) in [5.41, 5.74) is 2.28. The van der Waals surface area contributed by atoms with Crippen LogP contribution in [-0.2, 0) is 0 Å². The third-order valence-corrected chi connectivity index (χ3v) is 5.13. The molecule has 0 atom stereocenters. The quantitative estimate of drug-likeness (QED) is 0.718. The molecular formula is C18H17BrN4O2. The summed E-state index contributed by atoms with van der Waals surface area (Å²) in [6, 6.07) is 9.60. The summed E-state index contributed by atoms with van der Waals surface area (Å²) in [5, 5.41) is 0. The number of aromatic amines is 1. The third kappa shape index (κ3) is 3.00. The van der Waals surface area contributed by atoms with E-state index in [0.29, 0.717) is 18.7 Å². The topological polar surface area (TPSA) is 71.0 Å². The molecule has 4 rings (SSSR count). The van der Waals surface area contributed by atoms with Crippen molar-refractivity contribution in [1.82, 2.24) is 19.4 Å². The van der Waals surface area contributed by atoms with Crippen LogP contribution in [0.15, 0.2) is 52.0 Å². The standard InChI is InChI=1S/C18H17BrN4O2/c19-13-9-12(10-20-11-13)17(24)22-7-5-14(6-8-22)23-16-4-2-1-3-15(16)21-18(23)25/h1-4,9-11,14H,5-8H2,(H,21,25). The molecule has 7 heteroatoms. The van der Waals surface area contributed by atoms with Gasteiger partial charge < -0.3 is 9.88 Å². The minimum absolute atomic E-state index is 0.0153. The maximum absolute atomic E-state index is 12.6. The highest BCUT2D eigenvalue weighted by Crippen LogP contribution is 2.25. The first-order valence-electron chi connectivity index (χ1n) is 8.22. The molecule has 1 fully saturated rings. The van der Waals surface area contributed by atoms with Gasteiger partial charge in [-0.15, -0.1) is 0 Å². The largest absolute Gasteiger partial charge is 0.338 e. The number of pyridine rings is 1. The first-order valence-corrected chi connectivity index (χ1v) is 9.02. The Balaban J connectivity index is 1.52. The molecule has 0 aliphatic carbocycles. The monoisotopic (exact) mass is 400 g/mol. The van der Waals surface area contributed by atoms with Crippen LogP contribution >= 0.6 is 15.9 Å². The Bertz CT molecular complexity index is 986. The van der Waals surface area contributed by atoms with Gasteiger partial charge in [-0.25, -0.2) is 4.79 Å². The number of carbonyl (C=O) groups excluding carboxylic acids is 1. The van der Waals surface area contributed by atoms with E-state index in [1.165, 1.54) is 0 Å². The van der Waals surface area contributed by atoms with E-state index in [2.05, 4.69) is 25.9 Å². The Labute approximate surface area is 152 Å². The fourth-order valence-electron chi connectivity index (χ4n) is 3.48. The molecule has 128 valence electrons. The predicted octanol–water partition coefficient (Wildman–Crippen LogP) is 2.96. The fourth-order valence-corrected chi connectivity index (χ4v) is 3.84. The van der Waals surface area contributed by atoms with Gasteiger partial charge in [0.1, 0.15) is 0 Å². The number of nitrogens with one attached hydrogen (secondary N) is 1. The van der Waals surface area contributed by atoms with E-state index in [1.807, 2.05) is 33.7 Å². The zero-order valence-electron chi connectivity index (χ0n) is 13.5. The van der Waals surface area contributed by atoms with Crippen molar-refractivity contribution < 1.29 is 4.79 Å². The SMILES string of the molecule is O=C(c1cncc(Br)c1)N1CCC(n2c(=O)[nH]c3ccccc32)CC1. The summed E-state index contributed by atoms with van der Waals surface area (Å²) in [5.74, 6) is -0.0153. The van der Waals surface area contributed by atoms with Gasteiger partial charge in [0.05, 0.1) is 16.6 Å². The van der Waals surface area contributed by atoms with Crippen LogP contribution in [0.3, 0.4) is 0 Å². The number of hydrogen-bond acceptors (Lipinski definition) is 3. The van der Waals surface area contributed by atoms with Gasteiger partial charge in [-0.1, -0.05) is 12.1 Å². The van der Waals surface area contributed by atoms with Crippen molar-refractivity contribution in [3.63, 3.8) is 0 Å². The van der Waals surface area contributed by atoms with Crippen LogP contribution in [0, 0.1) is 0 Å². The second kappa shape index (κ2) is 6.48. The lowest BCUT2D eigenvalue weighted by Crippen LogP contribution is -2.40. The van der Waals surface area contributed by atoms with Crippen LogP contribution in [0.1, 0.15) is 29.2 Å². The highest BCUT2D eigenvalue weighted by molar-refractivity contribution is 9.10. The third-order valence-electron chi connectivity index (χ3n) is 4.69. The lowest BCUT2D eigenvalue weighted by atomic mass is 10.0. The van der Waals surface area contributed by atoms with Crippen molar-refractivity contribution in [3.8, 4) is 0 Å². The summed E-state index contributed by atoms with van der Waals surface area (Å²) in [6.45, 7) is 1.25. The predicted molar refractivity (Wildman–Crippen MR) is 98.7 cm³/mol. The lowest BCUT2D eigenvalue weighted by Gasteiger charge is -2.32. The van der Waals surface area contributed by atoms with E-state index in [9.17, 15) is 9.59 Å². The van der Waals surface area contributed by atoms with E-state index in [1.54, 1.807) is 18.5 Å². The second-order valence-electron chi connectivity index (χ2n) is 6.23. The van der Waals surface area contributed by atoms with Crippen molar-refractivity contribution in [2.24, 2.45) is 0 Å². The molecule has 0 bridgehead atoms. The van der Waals surface area contributed by atoms with E-state index < -0.39 is 0 Å². The Morgan fingerprint density at radius 2 is 1.96 bits per heavy atom. The number of nitrogens with zero attached hydrogens (tertiary/aromatic N) is 3. The van der Waals surface area contributed by atoms with Crippen molar-refractivity contribution >= 4 is 32.9 Å². The number of halogens is 1. The maximum Gasteiger partial charge on any atom is 0.326 e. The summed E-state index contributed by atoms with van der Waals surface area (Å²) in [6.07, 6.45) is 4.76. The van der Waals surface area contributed by atoms with Gasteiger partial charge in [0.25, 0.3) is 5.91 Å². The number of carbonyl (C=O) groups is 1. The number of aromatic nitrogens is 3. The maximum atomic E-state index is 12.6. The van der Waals surface area contributed by atoms with Crippen LogP contribution in [0.5, 0.6) is 0 Å². The fraction of sp³-hybridized carbons (Fsp3) is 0.278. The molecule has 1 amide bonds. The van der Waals surface area contributed by atoms with Crippen molar-refractivity contribution in [3.05, 3.63) is 63.2 Å². The number of fused-ring (bicyclic) bond motifs is 1. The molecule has 6 nitrogen and oxygen atoms in total. The van der Waals surface area contributed by atoms with Gasteiger partial charge in [0.2, 0.25) is 0 Å². The molecule has 0 radical (unpaired) electrons. The first-order chi connectivity index (χ1) is 12.1. The Hall–Kier alpha value is -2.41. The number of imidazole rings is 1. The Morgan fingerprint density at radius 3 is 2.72 bits per heavy atom. The number of amides is 1. The highest BCUT2D eigenvalue weighted by atomic mass is 79.9. The zero-order chi connectivity index (χ0) is 17.4. The highest BCUT2D eigenvalue weighted by Gasteiger charge is 2.26. The molecule has 1 aliphatic heterocycles. The van der Waals surface area contributed by atoms with Gasteiger partial charge in [-0.3, -0.25) is 14.3 Å². The number of H-pyrrole nitrogens is 1. The number of benzene rings is 1. The van der Waals surface area contributed by atoms with Gasteiger partial charge in [-0.2, -0.15) is 0 Å². The minimum Gasteiger partial charge on any atom is -0.338 e. The van der Waals surface area contributed by atoms with Crippen LogP contribution in [0.4, 0.5) is 0 Å². The van der Waals surface area contributed by atoms with E-state index in [0.717, 1.165) is 28.3 Å². The molecule has 25 heavy (non-hydrogen) atoms. The minimum atomic E-state index is -0.0813. The summed E-state index contributed by atoms with van der Waals surface area (Å²) in [7, 11) is 0. The molecular weight excluding hydrogens is 384 g/mol. The van der Waals surface area contributed by atoms with Crippen LogP contribution < -0.4 is 5.69 Å². The van der Waals surface area contributed by atoms with Gasteiger partial charge >= 0.3 is 5.69 Å². The average molecular weight is 401 g/mol. The average Bonchev–Trinajstić information content (AvgIpc) is 2.97. The van der Waals surface area contributed by atoms with Crippen LogP contribution in [0.2, 0.25) is 0 Å². The normalized spacial score (nSPS) is 15.6. The number of rotatable bonds is 2. The molecule has 3 heterocycles. The van der Waals surface area contributed by atoms with Gasteiger partial charge in [-0.05, 0) is 47.0 Å². The van der Waals surface area contributed by atoms with Crippen molar-refractivity contribution in [1.29, 1.82) is 0 Å². The molecule has 1 aliphatic rings. The van der Waals surface area contributed by atoms with Crippen molar-refractivity contribution in [2.75, 3.05) is 13.1 Å². The summed E-state index contributed by atoms with van der Waals surface area (Å²) >= 11 is 3.35. The van der Waals surface area contributed by atoms with Gasteiger partial charge in [0.15, 0.2) is 0 Å². The van der Waals surface area contributed by atoms with Gasteiger partial charge in [0, 0.05) is 36.0 Å². The summed E-state index contributed by atoms with van der Waals surface area (Å²) in [4.78, 5) is 33.7. The molecule has 2 aromatic heterocycles. The van der Waals surface area contributed by atoms with Crippen LogP contribution in [0.25, 0.3) is 11.0 Å². The first kappa shape index (κ1) is 16.1. The van der Waals surface area contributed by atoms with E-state index in [-0.39, 0.29) is 17.6 Å². The molecule has 0 saturated carbocycles. The van der Waals surface area contributed by atoms with Crippen molar-refractivity contribution in [2.45, 2.75) is 18.9 Å². The smallest absolute Gasteiger partial charge is 0.326 e. The van der Waals surface area contributed by atoms with E-state index in [4.69, 9.17) is 0 Å². The number of likely N-dealkylation sites (tertiary alicyclic amines) is 1. The second-order valence-corrected chi connectivity index (χ2v) is 7.15. The van der Waals surface area contributed by atoms with E-state index >= 15 is 0 Å². The molecule has 1 N–H and O–H groups in total. The number of piperidine rings is 1. The Morgan fingerprint density at radius 1 is 1.20 bits per heavy atom. The molecule has 1 aromatic carbocycles. The molecule has 3 aromatic rings. The van der Waals surface area contributed by atoms with Crippen LogP contribution in [-0.4, -0.2) is 38.4 Å². The number of para-hydroxylation sites is 2.